The minimum absolute atomic E-state index is 0.342. The molecule has 0 aliphatic carbocycles. The third-order valence-electron chi connectivity index (χ3n) is 3.70. The van der Waals surface area contributed by atoms with Crippen LogP contribution < -0.4 is 4.72 Å². The van der Waals surface area contributed by atoms with E-state index in [1.807, 2.05) is 6.07 Å². The average molecular weight is 296 g/mol. The third-order valence-corrected chi connectivity index (χ3v) is 5.17. The predicted octanol–water partition coefficient (Wildman–Crippen LogP) is 2.23. The second-order valence-electron chi connectivity index (χ2n) is 5.32. The number of sulfonamides is 1. The summed E-state index contributed by atoms with van der Waals surface area (Å²) in [6.45, 7) is 3.81. The van der Waals surface area contributed by atoms with Crippen LogP contribution in [-0.4, -0.2) is 39.5 Å². The summed E-state index contributed by atoms with van der Waals surface area (Å²) in [4.78, 5) is 2.79. The number of hydrogen-bond donors (Lipinski definition) is 1. The van der Waals surface area contributed by atoms with Gasteiger partial charge in [-0.15, -0.1) is 0 Å². The number of rotatable bonds is 6. The van der Waals surface area contributed by atoms with Crippen LogP contribution in [0.4, 0.5) is 0 Å². The SMILES string of the molecule is O=S(=O)(NCCCN1CCCCCC1)c1ccccc1. The van der Waals surface area contributed by atoms with Crippen molar-refractivity contribution in [3.63, 3.8) is 0 Å². The fraction of sp³-hybridized carbons (Fsp3) is 0.600. The molecule has 1 fully saturated rings. The lowest BCUT2D eigenvalue weighted by molar-refractivity contribution is 0.282. The number of benzene rings is 1. The van der Waals surface area contributed by atoms with E-state index in [0.717, 1.165) is 26.1 Å². The zero-order chi connectivity index (χ0) is 14.3. The van der Waals surface area contributed by atoms with E-state index in [1.54, 1.807) is 24.3 Å². The molecule has 1 aromatic carbocycles. The molecule has 0 bridgehead atoms. The van der Waals surface area contributed by atoms with Gasteiger partial charge in [-0.25, -0.2) is 13.1 Å². The molecule has 0 atom stereocenters. The van der Waals surface area contributed by atoms with Crippen molar-refractivity contribution in [2.75, 3.05) is 26.2 Å². The van der Waals surface area contributed by atoms with Crippen molar-refractivity contribution in [3.05, 3.63) is 30.3 Å². The second kappa shape index (κ2) is 7.76. The summed E-state index contributed by atoms with van der Waals surface area (Å²) in [7, 11) is -3.34. The van der Waals surface area contributed by atoms with Gasteiger partial charge in [0.25, 0.3) is 0 Å². The number of likely N-dealkylation sites (tertiary alicyclic amines) is 1. The van der Waals surface area contributed by atoms with Gasteiger partial charge in [0.1, 0.15) is 0 Å². The Labute approximate surface area is 122 Å². The summed E-state index contributed by atoms with van der Waals surface area (Å²) >= 11 is 0. The van der Waals surface area contributed by atoms with E-state index < -0.39 is 10.0 Å². The highest BCUT2D eigenvalue weighted by Gasteiger charge is 2.13. The molecule has 1 N–H and O–H groups in total. The Morgan fingerprint density at radius 2 is 1.65 bits per heavy atom. The molecule has 112 valence electrons. The molecule has 0 aromatic heterocycles. The van der Waals surface area contributed by atoms with Crippen LogP contribution in [0.5, 0.6) is 0 Å². The number of hydrogen-bond acceptors (Lipinski definition) is 3. The Kier molecular flexibility index (Phi) is 6.01. The van der Waals surface area contributed by atoms with E-state index in [0.29, 0.717) is 11.4 Å². The van der Waals surface area contributed by atoms with Crippen LogP contribution >= 0.6 is 0 Å². The predicted molar refractivity (Wildman–Crippen MR) is 81.2 cm³/mol. The van der Waals surface area contributed by atoms with Crippen LogP contribution in [0.3, 0.4) is 0 Å². The molecule has 20 heavy (non-hydrogen) atoms. The molecule has 1 aromatic rings. The van der Waals surface area contributed by atoms with Gasteiger partial charge in [-0.05, 0) is 51.0 Å². The first kappa shape index (κ1) is 15.5. The minimum Gasteiger partial charge on any atom is -0.303 e. The number of nitrogens with one attached hydrogen (secondary N) is 1. The van der Waals surface area contributed by atoms with E-state index in [2.05, 4.69) is 9.62 Å². The molecule has 0 radical (unpaired) electrons. The zero-order valence-corrected chi connectivity index (χ0v) is 12.7. The second-order valence-corrected chi connectivity index (χ2v) is 7.09. The van der Waals surface area contributed by atoms with Crippen LogP contribution in [0.2, 0.25) is 0 Å². The maximum atomic E-state index is 12.0. The maximum Gasteiger partial charge on any atom is 0.240 e. The topological polar surface area (TPSA) is 49.4 Å². The lowest BCUT2D eigenvalue weighted by atomic mass is 10.2. The Balaban J connectivity index is 1.72. The third kappa shape index (κ3) is 4.89. The van der Waals surface area contributed by atoms with Crippen LogP contribution in [0.15, 0.2) is 35.2 Å². The smallest absolute Gasteiger partial charge is 0.240 e. The lowest BCUT2D eigenvalue weighted by Crippen LogP contribution is -2.30. The standard InChI is InChI=1S/C15H24N2O2S/c18-20(19,15-9-4-3-5-10-15)16-11-8-14-17-12-6-1-2-7-13-17/h3-5,9-10,16H,1-2,6-8,11-14H2. The molecule has 0 unspecified atom stereocenters. The Morgan fingerprint density at radius 1 is 1.00 bits per heavy atom. The molecule has 5 heteroatoms. The maximum absolute atomic E-state index is 12.0. The highest BCUT2D eigenvalue weighted by atomic mass is 32.2. The molecule has 0 spiro atoms. The molecule has 1 aliphatic rings. The molecule has 1 aliphatic heterocycles. The summed E-state index contributed by atoms with van der Waals surface area (Å²) < 4.78 is 26.7. The zero-order valence-electron chi connectivity index (χ0n) is 11.9. The van der Waals surface area contributed by atoms with E-state index in [1.165, 1.54) is 25.7 Å². The summed E-state index contributed by atoms with van der Waals surface area (Å²) in [5, 5.41) is 0. The average Bonchev–Trinajstić information content (AvgIpc) is 2.73. The lowest BCUT2D eigenvalue weighted by Gasteiger charge is -2.19. The van der Waals surface area contributed by atoms with Gasteiger partial charge < -0.3 is 4.90 Å². The van der Waals surface area contributed by atoms with Gasteiger partial charge in [0.2, 0.25) is 10.0 Å². The molecular weight excluding hydrogens is 272 g/mol. The van der Waals surface area contributed by atoms with E-state index in [9.17, 15) is 8.42 Å². The largest absolute Gasteiger partial charge is 0.303 e. The van der Waals surface area contributed by atoms with E-state index in [-0.39, 0.29) is 0 Å². The van der Waals surface area contributed by atoms with Gasteiger partial charge in [-0.3, -0.25) is 0 Å². The van der Waals surface area contributed by atoms with Crippen molar-refractivity contribution in [2.45, 2.75) is 37.0 Å². The highest BCUT2D eigenvalue weighted by molar-refractivity contribution is 7.89. The molecule has 1 heterocycles. The van der Waals surface area contributed by atoms with Crippen molar-refractivity contribution >= 4 is 10.0 Å². The Hall–Kier alpha value is -0.910. The van der Waals surface area contributed by atoms with Crippen molar-refractivity contribution in [3.8, 4) is 0 Å². The summed E-state index contributed by atoms with van der Waals surface area (Å²) in [6, 6.07) is 8.55. The number of nitrogens with zero attached hydrogens (tertiary/aromatic N) is 1. The monoisotopic (exact) mass is 296 g/mol. The summed E-state index contributed by atoms with van der Waals surface area (Å²) in [5.41, 5.74) is 0. The van der Waals surface area contributed by atoms with Crippen LogP contribution in [0.1, 0.15) is 32.1 Å². The van der Waals surface area contributed by atoms with Gasteiger partial charge in [0.15, 0.2) is 0 Å². The quantitative estimate of drug-likeness (QED) is 0.819. The van der Waals surface area contributed by atoms with Crippen molar-refractivity contribution in [1.82, 2.24) is 9.62 Å². The van der Waals surface area contributed by atoms with Crippen LogP contribution in [0.25, 0.3) is 0 Å². The molecule has 0 saturated carbocycles. The first-order valence-electron chi connectivity index (χ1n) is 7.45. The van der Waals surface area contributed by atoms with Gasteiger partial charge in [-0.1, -0.05) is 31.0 Å². The summed E-state index contributed by atoms with van der Waals surface area (Å²) in [6.07, 6.45) is 6.08. The van der Waals surface area contributed by atoms with Crippen molar-refractivity contribution < 1.29 is 8.42 Å². The minimum atomic E-state index is -3.34. The Bertz CT molecular complexity index is 480. The van der Waals surface area contributed by atoms with Crippen LogP contribution in [-0.2, 0) is 10.0 Å². The summed E-state index contributed by atoms with van der Waals surface area (Å²) in [5.74, 6) is 0. The van der Waals surface area contributed by atoms with Crippen molar-refractivity contribution in [1.29, 1.82) is 0 Å². The Morgan fingerprint density at radius 3 is 2.30 bits per heavy atom. The fourth-order valence-electron chi connectivity index (χ4n) is 2.55. The van der Waals surface area contributed by atoms with Gasteiger partial charge >= 0.3 is 0 Å². The first-order chi connectivity index (χ1) is 9.68. The molecule has 1 saturated heterocycles. The molecule has 0 amide bonds. The highest BCUT2D eigenvalue weighted by Crippen LogP contribution is 2.10. The first-order valence-corrected chi connectivity index (χ1v) is 8.94. The fourth-order valence-corrected chi connectivity index (χ4v) is 3.65. The van der Waals surface area contributed by atoms with Gasteiger partial charge in [0.05, 0.1) is 4.90 Å². The molecular formula is C15H24N2O2S. The van der Waals surface area contributed by atoms with Gasteiger partial charge in [-0.2, -0.15) is 0 Å². The molecule has 4 nitrogen and oxygen atoms in total. The van der Waals surface area contributed by atoms with Crippen LogP contribution in [0, 0.1) is 0 Å². The van der Waals surface area contributed by atoms with Gasteiger partial charge in [0, 0.05) is 6.54 Å². The normalized spacial score (nSPS) is 17.8. The van der Waals surface area contributed by atoms with E-state index >= 15 is 0 Å². The van der Waals surface area contributed by atoms with E-state index in [4.69, 9.17) is 0 Å². The van der Waals surface area contributed by atoms with Crippen molar-refractivity contribution in [2.24, 2.45) is 0 Å². The molecule has 2 rings (SSSR count).